The number of amides is 1. The lowest BCUT2D eigenvalue weighted by Gasteiger charge is -2.08. The van der Waals surface area contributed by atoms with Crippen LogP contribution in [0.4, 0.5) is 10.2 Å². The molecular formula is C12H11FN4O. The predicted molar refractivity (Wildman–Crippen MR) is 64.3 cm³/mol. The summed E-state index contributed by atoms with van der Waals surface area (Å²) in [6.07, 6.45) is 3.29. The molecule has 18 heavy (non-hydrogen) atoms. The van der Waals surface area contributed by atoms with E-state index in [-0.39, 0.29) is 11.4 Å². The molecule has 6 heteroatoms. The van der Waals surface area contributed by atoms with Crippen LogP contribution < -0.4 is 11.1 Å². The number of hydrogen-bond acceptors (Lipinski definition) is 4. The zero-order valence-corrected chi connectivity index (χ0v) is 9.43. The van der Waals surface area contributed by atoms with E-state index in [1.807, 2.05) is 0 Å². The number of carbonyl (C=O) groups is 1. The van der Waals surface area contributed by atoms with E-state index in [1.54, 1.807) is 24.5 Å². The molecule has 2 heterocycles. The van der Waals surface area contributed by atoms with Crippen LogP contribution in [0.1, 0.15) is 15.9 Å². The van der Waals surface area contributed by atoms with Crippen molar-refractivity contribution in [2.75, 3.05) is 5.32 Å². The van der Waals surface area contributed by atoms with Crippen molar-refractivity contribution in [3.8, 4) is 0 Å². The van der Waals surface area contributed by atoms with Crippen molar-refractivity contribution in [3.63, 3.8) is 0 Å². The van der Waals surface area contributed by atoms with E-state index in [0.717, 1.165) is 11.6 Å². The number of aromatic nitrogens is 2. The SMILES string of the molecule is NC(=O)c1ccc(F)nc1NCc1ccncc1. The normalized spacial score (nSPS) is 10.1. The number of hydrogen-bond donors (Lipinski definition) is 2. The highest BCUT2D eigenvalue weighted by atomic mass is 19.1. The number of nitrogens with two attached hydrogens (primary N) is 1. The third-order valence-electron chi connectivity index (χ3n) is 2.34. The van der Waals surface area contributed by atoms with Gasteiger partial charge < -0.3 is 11.1 Å². The molecule has 0 bridgehead atoms. The highest BCUT2D eigenvalue weighted by Crippen LogP contribution is 2.13. The van der Waals surface area contributed by atoms with Gasteiger partial charge in [-0.25, -0.2) is 4.98 Å². The van der Waals surface area contributed by atoms with Gasteiger partial charge in [-0.3, -0.25) is 9.78 Å². The van der Waals surface area contributed by atoms with Gasteiger partial charge in [0.25, 0.3) is 5.91 Å². The summed E-state index contributed by atoms with van der Waals surface area (Å²) in [4.78, 5) is 18.7. The first-order valence-corrected chi connectivity index (χ1v) is 5.26. The number of nitrogens with one attached hydrogen (secondary N) is 1. The third kappa shape index (κ3) is 2.79. The van der Waals surface area contributed by atoms with Gasteiger partial charge in [-0.15, -0.1) is 0 Å². The van der Waals surface area contributed by atoms with Gasteiger partial charge in [0, 0.05) is 18.9 Å². The Kier molecular flexibility index (Phi) is 3.47. The zero-order valence-electron chi connectivity index (χ0n) is 9.43. The quantitative estimate of drug-likeness (QED) is 0.797. The molecule has 3 N–H and O–H groups in total. The Morgan fingerprint density at radius 3 is 2.67 bits per heavy atom. The summed E-state index contributed by atoms with van der Waals surface area (Å²) in [5.74, 6) is -1.18. The molecule has 92 valence electrons. The second-order valence-corrected chi connectivity index (χ2v) is 3.60. The Hall–Kier alpha value is -2.50. The van der Waals surface area contributed by atoms with Crippen molar-refractivity contribution < 1.29 is 9.18 Å². The molecule has 5 nitrogen and oxygen atoms in total. The summed E-state index contributed by atoms with van der Waals surface area (Å²) < 4.78 is 13.0. The maximum atomic E-state index is 13.0. The van der Waals surface area contributed by atoms with Gasteiger partial charge in [0.1, 0.15) is 5.82 Å². The highest BCUT2D eigenvalue weighted by molar-refractivity contribution is 5.97. The molecule has 0 aliphatic rings. The molecule has 2 rings (SSSR count). The Bertz CT molecular complexity index is 559. The molecule has 0 spiro atoms. The van der Waals surface area contributed by atoms with Crippen molar-refractivity contribution >= 4 is 11.7 Å². The number of pyridine rings is 2. The monoisotopic (exact) mass is 246 g/mol. The van der Waals surface area contributed by atoms with Crippen LogP contribution in [0, 0.1) is 5.95 Å². The van der Waals surface area contributed by atoms with E-state index >= 15 is 0 Å². The fourth-order valence-electron chi connectivity index (χ4n) is 1.46. The molecule has 0 radical (unpaired) electrons. The Morgan fingerprint density at radius 1 is 1.28 bits per heavy atom. The summed E-state index contributed by atoms with van der Waals surface area (Å²) in [6.45, 7) is 0.402. The lowest BCUT2D eigenvalue weighted by atomic mass is 10.2. The van der Waals surface area contributed by atoms with Crippen LogP contribution in [-0.4, -0.2) is 15.9 Å². The van der Waals surface area contributed by atoms with E-state index in [2.05, 4.69) is 15.3 Å². The molecule has 2 aromatic rings. The first-order valence-electron chi connectivity index (χ1n) is 5.26. The summed E-state index contributed by atoms with van der Waals surface area (Å²) >= 11 is 0. The largest absolute Gasteiger partial charge is 0.365 e. The standard InChI is InChI=1S/C12H11FN4O/c13-10-2-1-9(11(14)18)12(17-10)16-7-8-3-5-15-6-4-8/h1-6H,7H2,(H2,14,18)(H,16,17). The molecule has 0 fully saturated rings. The number of primary amides is 1. The van der Waals surface area contributed by atoms with Crippen LogP contribution in [0.5, 0.6) is 0 Å². The van der Waals surface area contributed by atoms with Gasteiger partial charge in [-0.05, 0) is 29.8 Å². The van der Waals surface area contributed by atoms with Crippen molar-refractivity contribution in [1.82, 2.24) is 9.97 Å². The predicted octanol–water partition coefficient (Wildman–Crippen LogP) is 1.33. The van der Waals surface area contributed by atoms with Crippen LogP contribution >= 0.6 is 0 Å². The summed E-state index contributed by atoms with van der Waals surface area (Å²) in [6, 6.07) is 6.00. The van der Waals surface area contributed by atoms with Crippen LogP contribution in [0.3, 0.4) is 0 Å². The molecule has 0 atom stereocenters. The van der Waals surface area contributed by atoms with Crippen LogP contribution in [0.2, 0.25) is 0 Å². The molecule has 1 amide bonds. The molecule has 0 aliphatic carbocycles. The molecule has 2 aromatic heterocycles. The van der Waals surface area contributed by atoms with E-state index in [9.17, 15) is 9.18 Å². The number of rotatable bonds is 4. The van der Waals surface area contributed by atoms with Gasteiger partial charge in [0.15, 0.2) is 0 Å². The number of anilines is 1. The van der Waals surface area contributed by atoms with Crippen molar-refractivity contribution in [2.45, 2.75) is 6.54 Å². The third-order valence-corrected chi connectivity index (χ3v) is 2.34. The maximum absolute atomic E-state index is 13.0. The van der Waals surface area contributed by atoms with Crippen LogP contribution in [0.25, 0.3) is 0 Å². The average molecular weight is 246 g/mol. The average Bonchev–Trinajstić information content (AvgIpc) is 2.37. The topological polar surface area (TPSA) is 80.9 Å². The summed E-state index contributed by atoms with van der Waals surface area (Å²) in [5, 5.41) is 2.87. The van der Waals surface area contributed by atoms with Crippen LogP contribution in [0.15, 0.2) is 36.7 Å². The van der Waals surface area contributed by atoms with Crippen molar-refractivity contribution in [1.29, 1.82) is 0 Å². The number of halogens is 1. The zero-order chi connectivity index (χ0) is 13.0. The molecule has 0 unspecified atom stereocenters. The fraction of sp³-hybridized carbons (Fsp3) is 0.0833. The molecule has 0 saturated heterocycles. The van der Waals surface area contributed by atoms with E-state index in [0.29, 0.717) is 6.54 Å². The highest BCUT2D eigenvalue weighted by Gasteiger charge is 2.10. The van der Waals surface area contributed by atoms with Crippen LogP contribution in [-0.2, 0) is 6.54 Å². The summed E-state index contributed by atoms with van der Waals surface area (Å²) in [5.41, 5.74) is 6.28. The molecular weight excluding hydrogens is 235 g/mol. The number of nitrogens with zero attached hydrogens (tertiary/aromatic N) is 2. The minimum Gasteiger partial charge on any atom is -0.365 e. The molecule has 0 saturated carbocycles. The van der Waals surface area contributed by atoms with E-state index < -0.39 is 11.9 Å². The Balaban J connectivity index is 2.18. The van der Waals surface area contributed by atoms with Gasteiger partial charge in [-0.2, -0.15) is 4.39 Å². The smallest absolute Gasteiger partial charge is 0.252 e. The first kappa shape index (κ1) is 12.0. The minimum absolute atomic E-state index is 0.138. The van der Waals surface area contributed by atoms with Gasteiger partial charge in [0.2, 0.25) is 5.95 Å². The Morgan fingerprint density at radius 2 is 2.00 bits per heavy atom. The van der Waals surface area contributed by atoms with E-state index in [1.165, 1.54) is 6.07 Å². The lowest BCUT2D eigenvalue weighted by molar-refractivity contribution is 0.100. The van der Waals surface area contributed by atoms with Crippen molar-refractivity contribution in [3.05, 3.63) is 53.7 Å². The fourth-order valence-corrected chi connectivity index (χ4v) is 1.46. The summed E-state index contributed by atoms with van der Waals surface area (Å²) in [7, 11) is 0. The second-order valence-electron chi connectivity index (χ2n) is 3.60. The number of carbonyl (C=O) groups excluding carboxylic acids is 1. The Labute approximate surface area is 103 Å². The maximum Gasteiger partial charge on any atom is 0.252 e. The van der Waals surface area contributed by atoms with Gasteiger partial charge in [-0.1, -0.05) is 0 Å². The van der Waals surface area contributed by atoms with Gasteiger partial charge >= 0.3 is 0 Å². The minimum atomic E-state index is -0.669. The van der Waals surface area contributed by atoms with Gasteiger partial charge in [0.05, 0.1) is 5.56 Å². The van der Waals surface area contributed by atoms with E-state index in [4.69, 9.17) is 5.73 Å². The molecule has 0 aliphatic heterocycles. The van der Waals surface area contributed by atoms with Crippen molar-refractivity contribution in [2.24, 2.45) is 5.73 Å². The lowest BCUT2D eigenvalue weighted by Crippen LogP contribution is -2.16. The molecule has 0 aromatic carbocycles. The second kappa shape index (κ2) is 5.22. The first-order chi connectivity index (χ1) is 8.66.